The molecule has 3 heteroatoms. The van der Waals surface area contributed by atoms with Gasteiger partial charge in [-0.05, 0) is 58.2 Å². The predicted molar refractivity (Wildman–Crippen MR) is 88.3 cm³/mol. The molecule has 0 amide bonds. The van der Waals surface area contributed by atoms with Crippen molar-refractivity contribution in [3.63, 3.8) is 0 Å². The smallest absolute Gasteiger partial charge is 0.119 e. The number of nitrogens with one attached hydrogen (secondary N) is 1. The van der Waals surface area contributed by atoms with Gasteiger partial charge in [-0.1, -0.05) is 30.9 Å². The average Bonchev–Trinajstić information content (AvgIpc) is 2.45. The van der Waals surface area contributed by atoms with Gasteiger partial charge >= 0.3 is 0 Å². The Balaban J connectivity index is 1.95. The van der Waals surface area contributed by atoms with Crippen LogP contribution in [0.25, 0.3) is 0 Å². The second-order valence-corrected chi connectivity index (χ2v) is 5.43. The van der Waals surface area contributed by atoms with Gasteiger partial charge in [0.15, 0.2) is 0 Å². The van der Waals surface area contributed by atoms with Crippen molar-refractivity contribution in [2.24, 2.45) is 0 Å². The van der Waals surface area contributed by atoms with E-state index in [0.717, 1.165) is 22.5 Å². The fourth-order valence-corrected chi connectivity index (χ4v) is 2.45. The zero-order valence-electron chi connectivity index (χ0n) is 11.5. The van der Waals surface area contributed by atoms with Crippen molar-refractivity contribution in [1.82, 2.24) is 0 Å². The van der Waals surface area contributed by atoms with Gasteiger partial charge in [0.1, 0.15) is 12.4 Å². The van der Waals surface area contributed by atoms with Crippen molar-refractivity contribution < 1.29 is 4.74 Å². The Bertz CT molecular complexity index is 578. The van der Waals surface area contributed by atoms with Crippen LogP contribution in [0.1, 0.15) is 11.1 Å². The monoisotopic (exact) mass is 331 g/mol. The molecule has 2 rings (SSSR count). The van der Waals surface area contributed by atoms with Crippen molar-refractivity contribution in [2.75, 3.05) is 11.9 Å². The van der Waals surface area contributed by atoms with Gasteiger partial charge in [0.25, 0.3) is 0 Å². The van der Waals surface area contributed by atoms with Crippen LogP contribution in [0.2, 0.25) is 0 Å². The van der Waals surface area contributed by atoms with Crippen LogP contribution in [0.4, 0.5) is 5.69 Å². The number of benzene rings is 2. The summed E-state index contributed by atoms with van der Waals surface area (Å²) in [6.07, 6.45) is 1.74. The molecule has 0 heterocycles. The van der Waals surface area contributed by atoms with Crippen molar-refractivity contribution in [3.8, 4) is 5.75 Å². The quantitative estimate of drug-likeness (QED) is 0.757. The molecule has 1 N–H and O–H groups in total. The first kappa shape index (κ1) is 14.7. The summed E-state index contributed by atoms with van der Waals surface area (Å²) in [4.78, 5) is 0. The van der Waals surface area contributed by atoms with Gasteiger partial charge in [0.05, 0.1) is 0 Å². The van der Waals surface area contributed by atoms with Crippen LogP contribution in [0.5, 0.6) is 5.75 Å². The summed E-state index contributed by atoms with van der Waals surface area (Å²) in [6, 6.07) is 14.4. The van der Waals surface area contributed by atoms with Gasteiger partial charge in [0, 0.05) is 16.7 Å². The maximum atomic E-state index is 5.46. The van der Waals surface area contributed by atoms with Crippen LogP contribution in [0.15, 0.2) is 59.6 Å². The Morgan fingerprint density at radius 1 is 1.20 bits per heavy atom. The molecule has 0 fully saturated rings. The maximum Gasteiger partial charge on any atom is 0.119 e. The zero-order valence-corrected chi connectivity index (χ0v) is 13.1. The maximum absolute atomic E-state index is 5.46. The lowest BCUT2D eigenvalue weighted by Crippen LogP contribution is -2.00. The summed E-state index contributed by atoms with van der Waals surface area (Å²) in [5.74, 6) is 0.866. The highest BCUT2D eigenvalue weighted by Crippen LogP contribution is 2.24. The number of hydrogen-bond acceptors (Lipinski definition) is 2. The Hall–Kier alpha value is -1.74. The molecule has 0 aliphatic rings. The van der Waals surface area contributed by atoms with E-state index in [0.29, 0.717) is 6.61 Å². The molecule has 2 aromatic rings. The third kappa shape index (κ3) is 4.14. The lowest BCUT2D eigenvalue weighted by Gasteiger charge is -2.10. The first-order valence-corrected chi connectivity index (χ1v) is 7.31. The van der Waals surface area contributed by atoms with E-state index in [9.17, 15) is 0 Å². The van der Waals surface area contributed by atoms with Crippen molar-refractivity contribution >= 4 is 21.6 Å². The Labute approximate surface area is 128 Å². The molecular weight excluding hydrogens is 314 g/mol. The lowest BCUT2D eigenvalue weighted by atomic mass is 10.2. The largest absolute Gasteiger partial charge is 0.490 e. The molecular formula is C17H18BrNO. The number of ether oxygens (including phenoxy) is 1. The molecule has 0 unspecified atom stereocenters. The minimum Gasteiger partial charge on any atom is -0.490 e. The fourth-order valence-electron chi connectivity index (χ4n) is 1.82. The Kier molecular flexibility index (Phi) is 5.24. The van der Waals surface area contributed by atoms with Gasteiger partial charge < -0.3 is 10.1 Å². The highest BCUT2D eigenvalue weighted by atomic mass is 79.9. The third-order valence-corrected chi connectivity index (χ3v) is 3.55. The summed E-state index contributed by atoms with van der Waals surface area (Å²) in [6.45, 7) is 7.03. The van der Waals surface area contributed by atoms with E-state index in [1.54, 1.807) is 6.08 Å². The normalized spacial score (nSPS) is 10.1. The fraction of sp³-hybridized carbons (Fsp3) is 0.176. The molecule has 104 valence electrons. The second-order valence-electron chi connectivity index (χ2n) is 4.58. The average molecular weight is 332 g/mol. The summed E-state index contributed by atoms with van der Waals surface area (Å²) >= 11 is 3.57. The molecule has 0 bridgehead atoms. The van der Waals surface area contributed by atoms with Crippen LogP contribution in [-0.2, 0) is 6.54 Å². The van der Waals surface area contributed by atoms with Crippen LogP contribution in [0.3, 0.4) is 0 Å². The van der Waals surface area contributed by atoms with Crippen molar-refractivity contribution in [3.05, 3.63) is 70.7 Å². The number of hydrogen-bond donors (Lipinski definition) is 1. The van der Waals surface area contributed by atoms with Crippen LogP contribution < -0.4 is 10.1 Å². The molecule has 0 aliphatic carbocycles. The third-order valence-electron chi connectivity index (χ3n) is 2.90. The molecule has 2 nitrogen and oxygen atoms in total. The minimum absolute atomic E-state index is 0.536. The molecule has 0 saturated carbocycles. The van der Waals surface area contributed by atoms with E-state index in [2.05, 4.69) is 65.1 Å². The second kappa shape index (κ2) is 7.15. The molecule has 0 aromatic heterocycles. The van der Waals surface area contributed by atoms with Crippen LogP contribution in [0, 0.1) is 6.92 Å². The highest BCUT2D eigenvalue weighted by molar-refractivity contribution is 9.10. The Morgan fingerprint density at radius 3 is 2.60 bits per heavy atom. The first-order valence-electron chi connectivity index (χ1n) is 6.51. The minimum atomic E-state index is 0.536. The van der Waals surface area contributed by atoms with Crippen LogP contribution in [-0.4, -0.2) is 6.61 Å². The molecule has 0 saturated heterocycles. The van der Waals surface area contributed by atoms with Crippen molar-refractivity contribution in [1.29, 1.82) is 0 Å². The molecule has 0 aliphatic heterocycles. The van der Waals surface area contributed by atoms with Gasteiger partial charge in [-0.25, -0.2) is 0 Å². The van der Waals surface area contributed by atoms with Crippen LogP contribution >= 0.6 is 15.9 Å². The molecule has 20 heavy (non-hydrogen) atoms. The number of aryl methyl sites for hydroxylation is 1. The lowest BCUT2D eigenvalue weighted by molar-refractivity contribution is 0.363. The van der Waals surface area contributed by atoms with E-state index in [4.69, 9.17) is 4.74 Å². The molecule has 0 atom stereocenters. The number of rotatable bonds is 6. The van der Waals surface area contributed by atoms with E-state index < -0.39 is 0 Å². The summed E-state index contributed by atoms with van der Waals surface area (Å²) in [7, 11) is 0. The van der Waals surface area contributed by atoms with E-state index in [-0.39, 0.29) is 0 Å². The van der Waals surface area contributed by atoms with E-state index in [1.165, 1.54) is 11.1 Å². The van der Waals surface area contributed by atoms with Crippen molar-refractivity contribution in [2.45, 2.75) is 13.5 Å². The summed E-state index contributed by atoms with van der Waals surface area (Å²) in [5.41, 5.74) is 3.55. The topological polar surface area (TPSA) is 21.3 Å². The van der Waals surface area contributed by atoms with Gasteiger partial charge in [0.2, 0.25) is 0 Å². The number of halogens is 1. The molecule has 0 radical (unpaired) electrons. The summed E-state index contributed by atoms with van der Waals surface area (Å²) in [5, 5.41) is 3.42. The van der Waals surface area contributed by atoms with E-state index >= 15 is 0 Å². The highest BCUT2D eigenvalue weighted by Gasteiger charge is 2.00. The predicted octanol–water partition coefficient (Wildman–Crippen LogP) is 4.93. The van der Waals surface area contributed by atoms with Gasteiger partial charge in [-0.15, -0.1) is 0 Å². The standard InChI is InChI=1S/C17H18BrNO/c1-3-10-20-15-7-5-14(6-8-15)12-19-17-9-4-13(2)11-16(17)18/h3-9,11,19H,1,10,12H2,2H3. The SMILES string of the molecule is C=CCOc1ccc(CNc2ccc(C)cc2Br)cc1. The number of anilines is 1. The van der Waals surface area contributed by atoms with Gasteiger partial charge in [-0.3, -0.25) is 0 Å². The molecule has 0 spiro atoms. The Morgan fingerprint density at radius 2 is 1.95 bits per heavy atom. The van der Waals surface area contributed by atoms with E-state index in [1.807, 2.05) is 12.1 Å². The summed E-state index contributed by atoms with van der Waals surface area (Å²) < 4.78 is 6.55. The van der Waals surface area contributed by atoms with Gasteiger partial charge in [-0.2, -0.15) is 0 Å². The molecule has 2 aromatic carbocycles. The first-order chi connectivity index (χ1) is 9.69. The zero-order chi connectivity index (χ0) is 14.4.